The number of amides is 3. The number of nitrogens with one attached hydrogen (secondary N) is 1. The number of aromatic nitrogens is 1. The molecule has 1 N–H and O–H groups in total. The molecule has 0 atom stereocenters. The highest BCUT2D eigenvalue weighted by atomic mass is 32.2. The Labute approximate surface area is 232 Å². The molecule has 0 unspecified atom stereocenters. The van der Waals surface area contributed by atoms with Crippen LogP contribution in [0.4, 0.5) is 8.78 Å². The molecule has 2 aromatic heterocycles. The van der Waals surface area contributed by atoms with E-state index in [2.05, 4.69) is 4.72 Å². The first-order valence-corrected chi connectivity index (χ1v) is 15.1. The monoisotopic (exact) mass is 582 g/mol. The number of hydrogen-bond acceptors (Lipinski definition) is 7. The lowest BCUT2D eigenvalue weighted by atomic mass is 9.81. The van der Waals surface area contributed by atoms with Gasteiger partial charge < -0.3 is 9.32 Å². The smallest absolute Gasteiger partial charge is 0.290 e. The summed E-state index contributed by atoms with van der Waals surface area (Å²) in [4.78, 5) is 46.4. The van der Waals surface area contributed by atoms with Crippen molar-refractivity contribution in [2.24, 2.45) is 0 Å². The van der Waals surface area contributed by atoms with Gasteiger partial charge in [0.05, 0.1) is 12.8 Å². The molecular weight excluding hydrogens is 546 g/mol. The number of pyridine rings is 1. The molecule has 2 aromatic rings. The minimum Gasteiger partial charge on any atom is -0.449 e. The third-order valence-electron chi connectivity index (χ3n) is 7.68. The van der Waals surface area contributed by atoms with Gasteiger partial charge in [-0.15, -0.1) is 0 Å². The molecule has 2 fully saturated rings. The molecule has 2 aliphatic rings. The standard InChI is InChI=1S/C27H36F2N4O6S/c1-25(2,3)17-13-18(16-7-9-27(28,29)10-8-16)31-19-14-20(39-22(17)19)23(35)33-12-11-32(24(36)26(33,4)5)21(34)15-30-40(6,37)38/h13-14,16,30H,7-12,15H2,1-6H3. The van der Waals surface area contributed by atoms with E-state index < -0.39 is 51.2 Å². The van der Waals surface area contributed by atoms with Crippen molar-refractivity contribution in [1.29, 1.82) is 0 Å². The molecule has 13 heteroatoms. The van der Waals surface area contributed by atoms with Crippen molar-refractivity contribution in [1.82, 2.24) is 19.5 Å². The molecule has 0 radical (unpaired) electrons. The van der Waals surface area contributed by atoms with E-state index >= 15 is 0 Å². The molecule has 1 aliphatic carbocycles. The molecule has 0 spiro atoms. The Hall–Kier alpha value is -2.93. The summed E-state index contributed by atoms with van der Waals surface area (Å²) in [5, 5.41) is 0. The summed E-state index contributed by atoms with van der Waals surface area (Å²) in [6.45, 7) is 8.31. The zero-order valence-corrected chi connectivity index (χ0v) is 24.5. The predicted molar refractivity (Wildman–Crippen MR) is 144 cm³/mol. The second kappa shape index (κ2) is 10.2. The van der Waals surface area contributed by atoms with E-state index in [4.69, 9.17) is 9.40 Å². The first-order chi connectivity index (χ1) is 18.3. The van der Waals surface area contributed by atoms with Crippen LogP contribution in [-0.2, 0) is 25.0 Å². The average molecular weight is 583 g/mol. The number of halogens is 2. The number of alkyl halides is 2. The highest BCUT2D eigenvalue weighted by molar-refractivity contribution is 7.88. The summed E-state index contributed by atoms with van der Waals surface area (Å²) in [6.07, 6.45) is 1.15. The summed E-state index contributed by atoms with van der Waals surface area (Å²) < 4.78 is 58.4. The number of rotatable bonds is 5. The van der Waals surface area contributed by atoms with Crippen molar-refractivity contribution in [2.45, 2.75) is 83.1 Å². The van der Waals surface area contributed by atoms with Gasteiger partial charge in [-0.2, -0.15) is 0 Å². The minimum absolute atomic E-state index is 0.0142. The molecule has 3 amide bonds. The van der Waals surface area contributed by atoms with Crippen molar-refractivity contribution >= 4 is 38.8 Å². The number of fused-ring (bicyclic) bond motifs is 1. The van der Waals surface area contributed by atoms with Gasteiger partial charge in [-0.25, -0.2) is 26.9 Å². The third-order valence-corrected chi connectivity index (χ3v) is 8.34. The Morgan fingerprint density at radius 1 is 1.15 bits per heavy atom. The van der Waals surface area contributed by atoms with Gasteiger partial charge >= 0.3 is 0 Å². The van der Waals surface area contributed by atoms with E-state index in [0.29, 0.717) is 29.6 Å². The van der Waals surface area contributed by atoms with E-state index in [1.165, 1.54) is 24.8 Å². The number of sulfonamides is 1. The number of piperazine rings is 1. The van der Waals surface area contributed by atoms with E-state index in [1.807, 2.05) is 26.8 Å². The normalized spacial score (nSPS) is 20.2. The van der Waals surface area contributed by atoms with Gasteiger partial charge in [0.2, 0.25) is 21.9 Å². The summed E-state index contributed by atoms with van der Waals surface area (Å²) in [5.74, 6) is -4.74. The topological polar surface area (TPSA) is 130 Å². The minimum atomic E-state index is -3.63. The molecule has 220 valence electrons. The molecule has 1 saturated heterocycles. The van der Waals surface area contributed by atoms with Crippen LogP contribution in [0.2, 0.25) is 0 Å². The van der Waals surface area contributed by atoms with Gasteiger partial charge in [-0.3, -0.25) is 19.3 Å². The van der Waals surface area contributed by atoms with Gasteiger partial charge in [0.25, 0.3) is 11.8 Å². The van der Waals surface area contributed by atoms with Crippen LogP contribution in [0.15, 0.2) is 16.5 Å². The van der Waals surface area contributed by atoms with Crippen molar-refractivity contribution in [3.63, 3.8) is 0 Å². The molecule has 0 bridgehead atoms. The van der Waals surface area contributed by atoms with Gasteiger partial charge in [-0.1, -0.05) is 20.8 Å². The Kier molecular flexibility index (Phi) is 7.63. The maximum absolute atomic E-state index is 13.8. The summed E-state index contributed by atoms with van der Waals surface area (Å²) in [6, 6.07) is 3.40. The van der Waals surface area contributed by atoms with Crippen molar-refractivity contribution < 1.29 is 36.0 Å². The second-order valence-corrected chi connectivity index (χ2v) is 14.1. The lowest BCUT2D eigenvalue weighted by Gasteiger charge is -2.44. The van der Waals surface area contributed by atoms with Gasteiger partial charge in [0.15, 0.2) is 11.3 Å². The molecule has 40 heavy (non-hydrogen) atoms. The fourth-order valence-corrected chi connectivity index (χ4v) is 5.68. The molecule has 10 nitrogen and oxygen atoms in total. The number of nitrogens with zero attached hydrogens (tertiary/aromatic N) is 3. The highest BCUT2D eigenvalue weighted by Gasteiger charge is 2.47. The predicted octanol–water partition coefficient (Wildman–Crippen LogP) is 3.56. The number of carbonyl (C=O) groups excluding carboxylic acids is 3. The lowest BCUT2D eigenvalue weighted by Crippen LogP contribution is -2.66. The fourth-order valence-electron chi connectivity index (χ4n) is 5.29. The van der Waals surface area contributed by atoms with Gasteiger partial charge in [-0.05, 0) is 38.2 Å². The van der Waals surface area contributed by atoms with Crippen LogP contribution in [0, 0.1) is 0 Å². The van der Waals surface area contributed by atoms with E-state index in [0.717, 1.165) is 16.7 Å². The van der Waals surface area contributed by atoms with Crippen molar-refractivity contribution in [3.8, 4) is 0 Å². The highest BCUT2D eigenvalue weighted by Crippen LogP contribution is 2.42. The molecular formula is C27H36F2N4O6S. The second-order valence-electron chi connectivity index (χ2n) is 12.3. The zero-order valence-electron chi connectivity index (χ0n) is 23.6. The third kappa shape index (κ3) is 6.04. The number of furan rings is 1. The first kappa shape index (κ1) is 30.0. The molecule has 3 heterocycles. The van der Waals surface area contributed by atoms with Crippen molar-refractivity contribution in [3.05, 3.63) is 29.2 Å². The van der Waals surface area contributed by atoms with Crippen LogP contribution in [0.5, 0.6) is 0 Å². The molecule has 0 aromatic carbocycles. The van der Waals surface area contributed by atoms with Crippen LogP contribution in [-0.4, -0.2) is 78.3 Å². The quantitative estimate of drug-likeness (QED) is 0.571. The van der Waals surface area contributed by atoms with Gasteiger partial charge in [0, 0.05) is 49.2 Å². The van der Waals surface area contributed by atoms with Crippen LogP contribution in [0.25, 0.3) is 11.1 Å². The average Bonchev–Trinajstić information content (AvgIpc) is 3.26. The largest absolute Gasteiger partial charge is 0.449 e. The van der Waals surface area contributed by atoms with Crippen LogP contribution >= 0.6 is 0 Å². The maximum Gasteiger partial charge on any atom is 0.290 e. The summed E-state index contributed by atoms with van der Waals surface area (Å²) in [5.41, 5.74) is 0.534. The van der Waals surface area contributed by atoms with Crippen molar-refractivity contribution in [2.75, 3.05) is 25.9 Å². The van der Waals surface area contributed by atoms with E-state index in [-0.39, 0.29) is 37.6 Å². The summed E-state index contributed by atoms with van der Waals surface area (Å²) in [7, 11) is -3.63. The Balaban J connectivity index is 1.62. The van der Waals surface area contributed by atoms with E-state index in [1.54, 1.807) is 0 Å². The first-order valence-electron chi connectivity index (χ1n) is 13.2. The lowest BCUT2D eigenvalue weighted by molar-refractivity contribution is -0.155. The number of imide groups is 1. The number of hydrogen-bond donors (Lipinski definition) is 1. The molecule has 1 aliphatic heterocycles. The van der Waals surface area contributed by atoms with Crippen LogP contribution < -0.4 is 4.72 Å². The zero-order chi connectivity index (χ0) is 29.8. The van der Waals surface area contributed by atoms with Crippen LogP contribution in [0.3, 0.4) is 0 Å². The molecule has 4 rings (SSSR count). The SMILES string of the molecule is CC(C)(C)c1cc(C2CCC(F)(F)CC2)nc2cc(C(=O)N3CCN(C(=O)CNS(C)(=O)=O)C(=O)C3(C)C)oc12. The number of carbonyl (C=O) groups is 3. The Morgan fingerprint density at radius 3 is 2.35 bits per heavy atom. The van der Waals surface area contributed by atoms with Crippen LogP contribution in [0.1, 0.15) is 88.0 Å². The Bertz CT molecular complexity index is 1450. The maximum atomic E-state index is 13.8. The summed E-state index contributed by atoms with van der Waals surface area (Å²) >= 11 is 0. The van der Waals surface area contributed by atoms with E-state index in [9.17, 15) is 31.6 Å². The van der Waals surface area contributed by atoms with Gasteiger partial charge in [0.1, 0.15) is 11.1 Å². The Morgan fingerprint density at radius 2 is 1.77 bits per heavy atom. The fraction of sp³-hybridized carbons (Fsp3) is 0.630. The molecule has 1 saturated carbocycles.